The van der Waals surface area contributed by atoms with Gasteiger partial charge in [-0.1, -0.05) is 37.3 Å². The molecule has 2 aromatic rings. The van der Waals surface area contributed by atoms with Gasteiger partial charge in [0.05, 0.1) is 23.8 Å². The fourth-order valence-corrected chi connectivity index (χ4v) is 2.72. The minimum atomic E-state index is -0.516. The predicted octanol–water partition coefficient (Wildman–Crippen LogP) is 4.47. The third-order valence-electron chi connectivity index (χ3n) is 4.10. The van der Waals surface area contributed by atoms with Crippen molar-refractivity contribution in [1.82, 2.24) is 9.97 Å². The Hall–Kier alpha value is -2.00. The molecule has 2 heterocycles. The fourth-order valence-electron chi connectivity index (χ4n) is 2.61. The highest BCUT2D eigenvalue weighted by atomic mass is 35.5. The second-order valence-corrected chi connectivity index (χ2v) is 6.61. The number of hydrogen-bond acceptors (Lipinski definition) is 4. The van der Waals surface area contributed by atoms with E-state index in [1.54, 1.807) is 18.5 Å². The second kappa shape index (κ2) is 9.09. The van der Waals surface area contributed by atoms with Crippen LogP contribution in [-0.2, 0) is 9.47 Å². The molecule has 0 saturated carbocycles. The molecular weight excluding hydrogens is 355 g/mol. The standard InChI is InChI=1S/C20H20ClFN2O2/c1-2-3-4-15-12-25-19(26-13-15)8-5-14-10-23-20(24-11-14)16-6-7-17(21)18(22)9-16/h6-7,9-11,15,19H,2-4,12-13H2,1H3/t15-,19-. The van der Waals surface area contributed by atoms with Gasteiger partial charge in [-0.15, -0.1) is 0 Å². The van der Waals surface area contributed by atoms with Crippen molar-refractivity contribution in [3.8, 4) is 23.2 Å². The van der Waals surface area contributed by atoms with Crippen LogP contribution in [0.3, 0.4) is 0 Å². The molecule has 1 aromatic heterocycles. The zero-order chi connectivity index (χ0) is 18.4. The summed E-state index contributed by atoms with van der Waals surface area (Å²) >= 11 is 5.68. The number of nitrogens with zero attached hydrogens (tertiary/aromatic N) is 2. The molecular formula is C20H20ClFN2O2. The summed E-state index contributed by atoms with van der Waals surface area (Å²) in [4.78, 5) is 8.45. The molecule has 0 aliphatic carbocycles. The molecule has 1 aliphatic rings. The SMILES string of the molecule is CCCC[C@H]1CO[C@H](C#Cc2cnc(-c3ccc(Cl)c(F)c3)nc2)OC1. The van der Waals surface area contributed by atoms with E-state index in [4.69, 9.17) is 21.1 Å². The number of ether oxygens (including phenoxy) is 2. The van der Waals surface area contributed by atoms with E-state index in [2.05, 4.69) is 28.7 Å². The molecule has 26 heavy (non-hydrogen) atoms. The van der Waals surface area contributed by atoms with Crippen molar-refractivity contribution in [2.45, 2.75) is 32.5 Å². The number of aromatic nitrogens is 2. The van der Waals surface area contributed by atoms with Gasteiger partial charge in [-0.05, 0) is 30.5 Å². The lowest BCUT2D eigenvalue weighted by Gasteiger charge is -2.26. The topological polar surface area (TPSA) is 44.2 Å². The van der Waals surface area contributed by atoms with Crippen LogP contribution in [-0.4, -0.2) is 29.5 Å². The Balaban J connectivity index is 1.58. The van der Waals surface area contributed by atoms with Crippen molar-refractivity contribution in [2.75, 3.05) is 13.2 Å². The van der Waals surface area contributed by atoms with Crippen LogP contribution in [0.4, 0.5) is 4.39 Å². The van der Waals surface area contributed by atoms with Gasteiger partial charge in [-0.3, -0.25) is 0 Å². The van der Waals surface area contributed by atoms with Gasteiger partial charge in [-0.2, -0.15) is 0 Å². The number of unbranched alkanes of at least 4 members (excludes halogenated alkanes) is 1. The Morgan fingerprint density at radius 1 is 1.23 bits per heavy atom. The summed E-state index contributed by atoms with van der Waals surface area (Å²) in [6, 6.07) is 4.46. The molecule has 0 atom stereocenters. The normalized spacial score (nSPS) is 19.7. The summed E-state index contributed by atoms with van der Waals surface area (Å²) in [5.41, 5.74) is 1.20. The summed E-state index contributed by atoms with van der Waals surface area (Å²) in [7, 11) is 0. The molecule has 0 amide bonds. The molecule has 0 unspecified atom stereocenters. The third kappa shape index (κ3) is 5.01. The van der Waals surface area contributed by atoms with Gasteiger partial charge >= 0.3 is 0 Å². The van der Waals surface area contributed by atoms with Gasteiger partial charge in [0.2, 0.25) is 6.29 Å². The van der Waals surface area contributed by atoms with Crippen LogP contribution in [0.15, 0.2) is 30.6 Å². The Bertz CT molecular complexity index is 794. The maximum absolute atomic E-state index is 13.5. The minimum absolute atomic E-state index is 0.0700. The Labute approximate surface area is 157 Å². The van der Waals surface area contributed by atoms with Gasteiger partial charge in [0.15, 0.2) is 5.82 Å². The Kier molecular flexibility index (Phi) is 6.56. The van der Waals surface area contributed by atoms with Crippen LogP contribution >= 0.6 is 11.6 Å². The average Bonchev–Trinajstić information content (AvgIpc) is 2.68. The van der Waals surface area contributed by atoms with E-state index in [1.165, 1.54) is 25.0 Å². The molecule has 6 heteroatoms. The van der Waals surface area contributed by atoms with E-state index in [0.717, 1.165) is 6.42 Å². The molecule has 3 rings (SSSR count). The van der Waals surface area contributed by atoms with E-state index < -0.39 is 12.1 Å². The summed E-state index contributed by atoms with van der Waals surface area (Å²) in [5, 5.41) is 0.0700. The monoisotopic (exact) mass is 374 g/mol. The maximum Gasteiger partial charge on any atom is 0.222 e. The molecule has 0 bridgehead atoms. The smallest absolute Gasteiger partial charge is 0.222 e. The van der Waals surface area contributed by atoms with Gasteiger partial charge in [0.25, 0.3) is 0 Å². The van der Waals surface area contributed by atoms with Crippen LogP contribution < -0.4 is 0 Å². The molecule has 136 valence electrons. The zero-order valence-corrected chi connectivity index (χ0v) is 15.3. The molecule has 0 radical (unpaired) electrons. The first-order valence-electron chi connectivity index (χ1n) is 8.68. The quantitative estimate of drug-likeness (QED) is 0.741. The molecule has 0 spiro atoms. The molecule has 1 fully saturated rings. The van der Waals surface area contributed by atoms with Crippen molar-refractivity contribution in [3.63, 3.8) is 0 Å². The third-order valence-corrected chi connectivity index (χ3v) is 4.40. The summed E-state index contributed by atoms with van der Waals surface area (Å²) in [5.74, 6) is 6.26. The van der Waals surface area contributed by atoms with Crippen LogP contribution in [0.25, 0.3) is 11.4 Å². The Morgan fingerprint density at radius 2 is 1.96 bits per heavy atom. The lowest BCUT2D eigenvalue weighted by Crippen LogP contribution is -2.31. The Morgan fingerprint density at radius 3 is 2.62 bits per heavy atom. The molecule has 4 nitrogen and oxygen atoms in total. The number of hydrogen-bond donors (Lipinski definition) is 0. The van der Waals surface area contributed by atoms with Crippen LogP contribution in [0.5, 0.6) is 0 Å². The van der Waals surface area contributed by atoms with Gasteiger partial charge in [0, 0.05) is 23.9 Å². The van der Waals surface area contributed by atoms with Crippen LogP contribution in [0, 0.1) is 23.6 Å². The summed E-state index contributed by atoms with van der Waals surface area (Å²) in [6.45, 7) is 3.53. The maximum atomic E-state index is 13.5. The van der Waals surface area contributed by atoms with Gasteiger partial charge < -0.3 is 9.47 Å². The molecule has 1 aromatic carbocycles. The first-order chi connectivity index (χ1) is 12.7. The number of rotatable bonds is 4. The number of benzene rings is 1. The van der Waals surface area contributed by atoms with Crippen LogP contribution in [0.1, 0.15) is 31.7 Å². The fraction of sp³-hybridized carbons (Fsp3) is 0.400. The highest BCUT2D eigenvalue weighted by Crippen LogP contribution is 2.21. The van der Waals surface area contributed by atoms with Crippen molar-refractivity contribution in [2.24, 2.45) is 5.92 Å². The van der Waals surface area contributed by atoms with Gasteiger partial charge in [-0.25, -0.2) is 14.4 Å². The summed E-state index contributed by atoms with van der Waals surface area (Å²) < 4.78 is 24.8. The number of halogens is 2. The highest BCUT2D eigenvalue weighted by molar-refractivity contribution is 6.30. The first kappa shape index (κ1) is 18.8. The zero-order valence-electron chi connectivity index (χ0n) is 14.5. The molecule has 1 saturated heterocycles. The van der Waals surface area contributed by atoms with E-state index in [-0.39, 0.29) is 5.02 Å². The van der Waals surface area contributed by atoms with Crippen LogP contribution in [0.2, 0.25) is 5.02 Å². The predicted molar refractivity (Wildman–Crippen MR) is 98.0 cm³/mol. The minimum Gasteiger partial charge on any atom is -0.342 e. The van der Waals surface area contributed by atoms with Crippen molar-refractivity contribution in [1.29, 1.82) is 0 Å². The lowest BCUT2D eigenvalue weighted by molar-refractivity contribution is -0.170. The average molecular weight is 375 g/mol. The largest absolute Gasteiger partial charge is 0.342 e. The molecule has 0 N–H and O–H groups in total. The first-order valence-corrected chi connectivity index (χ1v) is 9.05. The summed E-state index contributed by atoms with van der Waals surface area (Å²) in [6.07, 6.45) is 6.16. The highest BCUT2D eigenvalue weighted by Gasteiger charge is 2.20. The lowest BCUT2D eigenvalue weighted by atomic mass is 10.0. The van der Waals surface area contributed by atoms with Crippen molar-refractivity contribution >= 4 is 11.6 Å². The van der Waals surface area contributed by atoms with E-state index >= 15 is 0 Å². The van der Waals surface area contributed by atoms with E-state index in [9.17, 15) is 4.39 Å². The second-order valence-electron chi connectivity index (χ2n) is 6.20. The van der Waals surface area contributed by atoms with Crippen molar-refractivity contribution < 1.29 is 13.9 Å². The van der Waals surface area contributed by atoms with Gasteiger partial charge in [0.1, 0.15) is 5.82 Å². The molecule has 1 aliphatic heterocycles. The van der Waals surface area contributed by atoms with Crippen molar-refractivity contribution in [3.05, 3.63) is 47.0 Å². The van der Waals surface area contributed by atoms with E-state index in [1.807, 2.05) is 0 Å². The van der Waals surface area contributed by atoms with E-state index in [0.29, 0.717) is 36.1 Å².